The SMILES string of the molecule is O=C(Cc1cn(-c2ccc(Nc3ccc4ncccc4c3)nn2)c2ccccc12)NCCCN1CCCC1=O. The third kappa shape index (κ3) is 5.43. The number of para-hydroxylation sites is 1. The van der Waals surface area contributed by atoms with Gasteiger partial charge in [-0.2, -0.15) is 0 Å². The van der Waals surface area contributed by atoms with E-state index in [1.54, 1.807) is 6.20 Å². The Morgan fingerprint density at radius 2 is 1.92 bits per heavy atom. The van der Waals surface area contributed by atoms with E-state index >= 15 is 0 Å². The zero-order valence-corrected chi connectivity index (χ0v) is 21.5. The van der Waals surface area contributed by atoms with Gasteiger partial charge in [0.1, 0.15) is 0 Å². The van der Waals surface area contributed by atoms with E-state index in [1.807, 2.05) is 82.4 Å². The maximum absolute atomic E-state index is 12.7. The highest BCUT2D eigenvalue weighted by Gasteiger charge is 2.19. The molecule has 6 rings (SSSR count). The molecule has 4 heterocycles. The fourth-order valence-corrected chi connectivity index (χ4v) is 5.08. The summed E-state index contributed by atoms with van der Waals surface area (Å²) in [5.74, 6) is 1.48. The van der Waals surface area contributed by atoms with Gasteiger partial charge in [0.15, 0.2) is 11.6 Å². The van der Waals surface area contributed by atoms with Gasteiger partial charge in [0.2, 0.25) is 11.8 Å². The molecule has 0 bridgehead atoms. The number of carbonyl (C=O) groups excluding carboxylic acids is 2. The lowest BCUT2D eigenvalue weighted by atomic mass is 10.1. The molecule has 196 valence electrons. The average molecular weight is 520 g/mol. The molecule has 0 spiro atoms. The predicted molar refractivity (Wildman–Crippen MR) is 151 cm³/mol. The molecule has 1 aliphatic rings. The molecule has 5 aromatic rings. The van der Waals surface area contributed by atoms with Crippen molar-refractivity contribution in [3.05, 3.63) is 84.7 Å². The number of pyridine rings is 1. The van der Waals surface area contributed by atoms with Crippen LogP contribution in [0.5, 0.6) is 0 Å². The zero-order chi connectivity index (χ0) is 26.6. The Morgan fingerprint density at radius 3 is 2.77 bits per heavy atom. The molecule has 2 N–H and O–H groups in total. The van der Waals surface area contributed by atoms with Crippen LogP contribution in [0.4, 0.5) is 11.5 Å². The van der Waals surface area contributed by atoms with Crippen LogP contribution in [-0.4, -0.2) is 56.1 Å². The molecule has 9 heteroatoms. The molecule has 2 aromatic carbocycles. The molecule has 0 atom stereocenters. The maximum Gasteiger partial charge on any atom is 0.224 e. The Kier molecular flexibility index (Phi) is 6.86. The van der Waals surface area contributed by atoms with Gasteiger partial charge in [0.05, 0.1) is 17.5 Å². The van der Waals surface area contributed by atoms with Crippen LogP contribution < -0.4 is 10.6 Å². The van der Waals surface area contributed by atoms with Gasteiger partial charge in [-0.3, -0.25) is 19.1 Å². The summed E-state index contributed by atoms with van der Waals surface area (Å²) >= 11 is 0. The van der Waals surface area contributed by atoms with Gasteiger partial charge in [-0.15, -0.1) is 10.2 Å². The number of carbonyl (C=O) groups is 2. The summed E-state index contributed by atoms with van der Waals surface area (Å²) in [6.07, 6.45) is 6.33. The van der Waals surface area contributed by atoms with Crippen LogP contribution in [0.25, 0.3) is 27.6 Å². The van der Waals surface area contributed by atoms with E-state index in [1.165, 1.54) is 0 Å². The first kappa shape index (κ1) is 24.5. The molecule has 1 saturated heterocycles. The van der Waals surface area contributed by atoms with Crippen LogP contribution in [0.15, 0.2) is 79.1 Å². The van der Waals surface area contributed by atoms with E-state index < -0.39 is 0 Å². The summed E-state index contributed by atoms with van der Waals surface area (Å²) in [5, 5.41) is 17.2. The van der Waals surface area contributed by atoms with E-state index in [0.717, 1.165) is 52.4 Å². The quantitative estimate of drug-likeness (QED) is 0.280. The molecular formula is C30H29N7O2. The van der Waals surface area contributed by atoms with Crippen molar-refractivity contribution >= 4 is 45.1 Å². The average Bonchev–Trinajstić information content (AvgIpc) is 3.54. The van der Waals surface area contributed by atoms with E-state index in [9.17, 15) is 9.59 Å². The van der Waals surface area contributed by atoms with Crippen LogP contribution in [0, 0.1) is 0 Å². The van der Waals surface area contributed by atoms with Crippen molar-refractivity contribution in [1.29, 1.82) is 0 Å². The Balaban J connectivity index is 1.13. The van der Waals surface area contributed by atoms with E-state index in [-0.39, 0.29) is 18.2 Å². The first-order valence-electron chi connectivity index (χ1n) is 13.2. The lowest BCUT2D eigenvalue weighted by Crippen LogP contribution is -2.31. The summed E-state index contributed by atoms with van der Waals surface area (Å²) in [4.78, 5) is 30.7. The van der Waals surface area contributed by atoms with E-state index in [2.05, 4.69) is 25.8 Å². The normalized spacial score (nSPS) is 13.3. The van der Waals surface area contributed by atoms with Crippen molar-refractivity contribution in [2.75, 3.05) is 25.0 Å². The molecule has 39 heavy (non-hydrogen) atoms. The number of rotatable bonds is 9. The second-order valence-corrected chi connectivity index (χ2v) is 9.72. The number of amides is 2. The maximum atomic E-state index is 12.7. The van der Waals surface area contributed by atoms with Gasteiger partial charge in [-0.05, 0) is 60.9 Å². The number of aromatic nitrogens is 4. The second-order valence-electron chi connectivity index (χ2n) is 9.72. The Labute approximate surface area is 225 Å². The molecule has 0 radical (unpaired) electrons. The smallest absolute Gasteiger partial charge is 0.224 e. The third-order valence-electron chi connectivity index (χ3n) is 7.02. The lowest BCUT2D eigenvalue weighted by Gasteiger charge is -2.15. The summed E-state index contributed by atoms with van der Waals surface area (Å²) in [6.45, 7) is 2.07. The molecule has 2 amide bonds. The minimum Gasteiger partial charge on any atom is -0.356 e. The first-order valence-corrected chi connectivity index (χ1v) is 13.2. The summed E-state index contributed by atoms with van der Waals surface area (Å²) in [7, 11) is 0. The molecule has 1 fully saturated rings. The highest BCUT2D eigenvalue weighted by Crippen LogP contribution is 2.25. The summed E-state index contributed by atoms with van der Waals surface area (Å²) in [5.41, 5.74) is 3.73. The van der Waals surface area contributed by atoms with Gasteiger partial charge < -0.3 is 15.5 Å². The number of hydrogen-bond acceptors (Lipinski definition) is 6. The number of benzene rings is 2. The number of anilines is 2. The monoisotopic (exact) mass is 519 g/mol. The van der Waals surface area contributed by atoms with Crippen molar-refractivity contribution < 1.29 is 9.59 Å². The molecule has 0 saturated carbocycles. The highest BCUT2D eigenvalue weighted by molar-refractivity contribution is 5.90. The largest absolute Gasteiger partial charge is 0.356 e. The van der Waals surface area contributed by atoms with Gasteiger partial charge in [0, 0.05) is 54.9 Å². The summed E-state index contributed by atoms with van der Waals surface area (Å²) in [6, 6.07) is 21.7. The van der Waals surface area contributed by atoms with Crippen molar-refractivity contribution in [2.24, 2.45) is 0 Å². The predicted octanol–water partition coefficient (Wildman–Crippen LogP) is 4.38. The first-order chi connectivity index (χ1) is 19.1. The summed E-state index contributed by atoms with van der Waals surface area (Å²) < 4.78 is 1.97. The van der Waals surface area contributed by atoms with Crippen LogP contribution in [0.3, 0.4) is 0 Å². The number of fused-ring (bicyclic) bond motifs is 2. The molecule has 9 nitrogen and oxygen atoms in total. The van der Waals surface area contributed by atoms with Crippen molar-refractivity contribution in [2.45, 2.75) is 25.7 Å². The van der Waals surface area contributed by atoms with Gasteiger partial charge >= 0.3 is 0 Å². The third-order valence-corrected chi connectivity index (χ3v) is 7.02. The van der Waals surface area contributed by atoms with Crippen LogP contribution in [0.1, 0.15) is 24.8 Å². The minimum absolute atomic E-state index is 0.0399. The highest BCUT2D eigenvalue weighted by atomic mass is 16.2. The van der Waals surface area contributed by atoms with Crippen molar-refractivity contribution in [1.82, 2.24) is 30.0 Å². The van der Waals surface area contributed by atoms with Gasteiger partial charge in [-0.1, -0.05) is 24.3 Å². The van der Waals surface area contributed by atoms with Crippen molar-refractivity contribution in [3.8, 4) is 5.82 Å². The fraction of sp³-hybridized carbons (Fsp3) is 0.233. The van der Waals surface area contributed by atoms with Crippen LogP contribution >= 0.6 is 0 Å². The molecule has 3 aromatic heterocycles. The topological polar surface area (TPSA) is 105 Å². The second kappa shape index (κ2) is 10.9. The van der Waals surface area contributed by atoms with E-state index in [0.29, 0.717) is 31.1 Å². The molecule has 0 unspecified atom stereocenters. The standard InChI is InChI=1S/C30H29N7O2/c38-29(32-15-5-17-36-16-4-9-30(36)39)19-22-20-37(26-8-2-1-7-24(22)26)28-13-12-27(34-35-28)33-23-10-11-25-21(18-23)6-3-14-31-25/h1-3,6-8,10-14,18,20H,4-5,9,15-17,19H2,(H,32,38)(H,33,34). The molecule has 0 aliphatic carbocycles. The Morgan fingerprint density at radius 1 is 1.00 bits per heavy atom. The fourth-order valence-electron chi connectivity index (χ4n) is 5.08. The molecular weight excluding hydrogens is 490 g/mol. The lowest BCUT2D eigenvalue weighted by molar-refractivity contribution is -0.127. The number of likely N-dealkylation sites (tertiary alicyclic amines) is 1. The number of nitrogens with one attached hydrogen (secondary N) is 2. The minimum atomic E-state index is -0.0399. The van der Waals surface area contributed by atoms with Gasteiger partial charge in [-0.25, -0.2) is 0 Å². The Bertz CT molecular complexity index is 1640. The van der Waals surface area contributed by atoms with E-state index in [4.69, 9.17) is 0 Å². The molecule has 1 aliphatic heterocycles. The zero-order valence-electron chi connectivity index (χ0n) is 21.5. The Hall–Kier alpha value is -4.79. The van der Waals surface area contributed by atoms with Crippen LogP contribution in [0.2, 0.25) is 0 Å². The van der Waals surface area contributed by atoms with Gasteiger partial charge in [0.25, 0.3) is 0 Å². The number of nitrogens with zero attached hydrogens (tertiary/aromatic N) is 5. The van der Waals surface area contributed by atoms with Crippen LogP contribution in [-0.2, 0) is 16.0 Å². The van der Waals surface area contributed by atoms with Crippen molar-refractivity contribution in [3.63, 3.8) is 0 Å². The number of hydrogen-bond donors (Lipinski definition) is 2.